The first-order valence-electron chi connectivity index (χ1n) is 6.90. The summed E-state index contributed by atoms with van der Waals surface area (Å²) in [5.74, 6) is 0.562. The Morgan fingerprint density at radius 1 is 1.23 bits per heavy atom. The average Bonchev–Trinajstić information content (AvgIpc) is 2.92. The van der Waals surface area contributed by atoms with Gasteiger partial charge in [0.1, 0.15) is 11.3 Å². The molecule has 0 aliphatic carbocycles. The molecule has 0 spiro atoms. The zero-order chi connectivity index (χ0) is 15.7. The van der Waals surface area contributed by atoms with Crippen LogP contribution in [0.4, 0.5) is 5.13 Å². The summed E-state index contributed by atoms with van der Waals surface area (Å²) in [5.41, 5.74) is 3.58. The van der Waals surface area contributed by atoms with Crippen molar-refractivity contribution in [3.63, 3.8) is 0 Å². The second-order valence-electron chi connectivity index (χ2n) is 5.11. The fourth-order valence-corrected chi connectivity index (χ4v) is 3.23. The number of aryl methyl sites for hydroxylation is 2. The quantitative estimate of drug-likeness (QED) is 0.789. The van der Waals surface area contributed by atoms with E-state index < -0.39 is 0 Å². The maximum atomic E-state index is 12.3. The minimum atomic E-state index is -0.153. The van der Waals surface area contributed by atoms with Gasteiger partial charge in [-0.3, -0.25) is 10.1 Å². The Morgan fingerprint density at radius 3 is 2.77 bits per heavy atom. The van der Waals surface area contributed by atoms with E-state index in [9.17, 15) is 4.79 Å². The molecule has 0 saturated heterocycles. The summed E-state index contributed by atoms with van der Waals surface area (Å²) in [4.78, 5) is 16.8. The number of aromatic nitrogens is 1. The number of carbonyl (C=O) groups is 1. The number of anilines is 1. The molecule has 22 heavy (non-hydrogen) atoms. The molecule has 5 heteroatoms. The summed E-state index contributed by atoms with van der Waals surface area (Å²) in [6.07, 6.45) is 0. The van der Waals surface area contributed by atoms with E-state index in [0.717, 1.165) is 21.3 Å². The number of hydrogen-bond acceptors (Lipinski definition) is 4. The molecule has 3 aromatic rings. The number of hydrogen-bond donors (Lipinski definition) is 1. The van der Waals surface area contributed by atoms with Crippen LogP contribution in [-0.4, -0.2) is 18.0 Å². The van der Waals surface area contributed by atoms with Gasteiger partial charge in [0.05, 0.1) is 11.8 Å². The highest BCUT2D eigenvalue weighted by Crippen LogP contribution is 2.34. The number of nitrogens with one attached hydrogen (secondary N) is 1. The molecular weight excluding hydrogens is 296 g/mol. The minimum absolute atomic E-state index is 0.153. The van der Waals surface area contributed by atoms with Crippen LogP contribution in [0.3, 0.4) is 0 Å². The van der Waals surface area contributed by atoms with Gasteiger partial charge in [0.25, 0.3) is 5.91 Å². The number of carbonyl (C=O) groups excluding carboxylic acids is 1. The molecule has 0 aliphatic heterocycles. The van der Waals surface area contributed by atoms with Crippen LogP contribution in [0, 0.1) is 13.8 Å². The maximum Gasteiger partial charge on any atom is 0.257 e. The number of methoxy groups -OCH3 is 1. The molecule has 1 aromatic heterocycles. The molecule has 1 amide bonds. The largest absolute Gasteiger partial charge is 0.494 e. The fraction of sp³-hybridized carbons (Fsp3) is 0.176. The van der Waals surface area contributed by atoms with Crippen LogP contribution in [0.1, 0.15) is 21.5 Å². The Balaban J connectivity index is 1.94. The fourth-order valence-electron chi connectivity index (χ4n) is 2.28. The van der Waals surface area contributed by atoms with Crippen molar-refractivity contribution in [3.8, 4) is 5.75 Å². The molecule has 1 heterocycles. The Bertz CT molecular complexity index is 855. The highest BCUT2D eigenvalue weighted by atomic mass is 32.1. The zero-order valence-electron chi connectivity index (χ0n) is 12.6. The van der Waals surface area contributed by atoms with Crippen LogP contribution in [-0.2, 0) is 0 Å². The Hall–Kier alpha value is -2.40. The molecule has 0 saturated carbocycles. The van der Waals surface area contributed by atoms with Gasteiger partial charge in [0, 0.05) is 5.56 Å². The molecular formula is C17H16N2O2S. The summed E-state index contributed by atoms with van der Waals surface area (Å²) in [5, 5.41) is 3.44. The van der Waals surface area contributed by atoms with Gasteiger partial charge in [-0.15, -0.1) is 0 Å². The number of benzene rings is 2. The summed E-state index contributed by atoms with van der Waals surface area (Å²) in [7, 11) is 1.62. The Morgan fingerprint density at radius 2 is 2.05 bits per heavy atom. The van der Waals surface area contributed by atoms with Crippen LogP contribution >= 0.6 is 11.3 Å². The minimum Gasteiger partial charge on any atom is -0.494 e. The van der Waals surface area contributed by atoms with Gasteiger partial charge in [-0.2, -0.15) is 0 Å². The van der Waals surface area contributed by atoms with Crippen LogP contribution < -0.4 is 10.1 Å². The first kappa shape index (κ1) is 14.5. The van der Waals surface area contributed by atoms with Crippen molar-refractivity contribution in [2.45, 2.75) is 13.8 Å². The van der Waals surface area contributed by atoms with Crippen molar-refractivity contribution in [2.24, 2.45) is 0 Å². The highest BCUT2D eigenvalue weighted by Gasteiger charge is 2.14. The summed E-state index contributed by atoms with van der Waals surface area (Å²) in [6, 6.07) is 11.4. The predicted molar refractivity (Wildman–Crippen MR) is 90.0 cm³/mol. The van der Waals surface area contributed by atoms with Gasteiger partial charge in [0.15, 0.2) is 5.13 Å². The normalized spacial score (nSPS) is 10.7. The number of fused-ring (bicyclic) bond motifs is 1. The third-order valence-electron chi connectivity index (χ3n) is 3.42. The zero-order valence-corrected chi connectivity index (χ0v) is 13.5. The number of nitrogens with zero attached hydrogens (tertiary/aromatic N) is 1. The molecule has 1 N–H and O–H groups in total. The van der Waals surface area contributed by atoms with Gasteiger partial charge in [-0.25, -0.2) is 4.98 Å². The maximum absolute atomic E-state index is 12.3. The number of ether oxygens (including phenoxy) is 1. The molecule has 0 bridgehead atoms. The summed E-state index contributed by atoms with van der Waals surface area (Å²) >= 11 is 1.46. The number of thiazole rings is 1. The molecule has 0 aliphatic rings. The molecule has 112 valence electrons. The summed E-state index contributed by atoms with van der Waals surface area (Å²) in [6.45, 7) is 3.98. The van der Waals surface area contributed by atoms with Crippen molar-refractivity contribution < 1.29 is 9.53 Å². The van der Waals surface area contributed by atoms with Gasteiger partial charge in [-0.1, -0.05) is 35.1 Å². The second-order valence-corrected chi connectivity index (χ2v) is 6.10. The molecule has 0 fully saturated rings. The van der Waals surface area contributed by atoms with E-state index in [4.69, 9.17) is 4.74 Å². The molecule has 2 aromatic carbocycles. The topological polar surface area (TPSA) is 51.2 Å². The Labute approximate surface area is 132 Å². The van der Waals surface area contributed by atoms with E-state index in [1.165, 1.54) is 11.3 Å². The second kappa shape index (κ2) is 5.77. The molecule has 0 radical (unpaired) electrons. The predicted octanol–water partition coefficient (Wildman–Crippen LogP) is 4.17. The molecule has 0 unspecified atom stereocenters. The molecule has 4 nitrogen and oxygen atoms in total. The van der Waals surface area contributed by atoms with Crippen molar-refractivity contribution in [3.05, 3.63) is 53.1 Å². The lowest BCUT2D eigenvalue weighted by Gasteiger charge is -2.02. The van der Waals surface area contributed by atoms with Crippen LogP contribution in [0.25, 0.3) is 10.2 Å². The van der Waals surface area contributed by atoms with Crippen molar-refractivity contribution >= 4 is 32.6 Å². The van der Waals surface area contributed by atoms with Gasteiger partial charge in [-0.05, 0) is 37.6 Å². The lowest BCUT2D eigenvalue weighted by Crippen LogP contribution is -2.11. The van der Waals surface area contributed by atoms with Crippen LogP contribution in [0.15, 0.2) is 36.4 Å². The first-order valence-corrected chi connectivity index (χ1v) is 7.72. The van der Waals surface area contributed by atoms with E-state index in [1.54, 1.807) is 13.2 Å². The summed E-state index contributed by atoms with van der Waals surface area (Å²) < 4.78 is 6.36. The average molecular weight is 312 g/mol. The SMILES string of the molecule is COc1ccc(C)c2sc(NC(=O)c3cccc(C)c3)nc12. The van der Waals surface area contributed by atoms with Gasteiger partial charge in [0.2, 0.25) is 0 Å². The van der Waals surface area contributed by atoms with Crippen molar-refractivity contribution in [2.75, 3.05) is 12.4 Å². The smallest absolute Gasteiger partial charge is 0.257 e. The highest BCUT2D eigenvalue weighted by molar-refractivity contribution is 7.22. The van der Waals surface area contributed by atoms with E-state index in [0.29, 0.717) is 16.4 Å². The van der Waals surface area contributed by atoms with E-state index >= 15 is 0 Å². The van der Waals surface area contributed by atoms with E-state index in [1.807, 2.05) is 44.2 Å². The van der Waals surface area contributed by atoms with Crippen LogP contribution in [0.5, 0.6) is 5.75 Å². The van der Waals surface area contributed by atoms with E-state index in [-0.39, 0.29) is 5.91 Å². The van der Waals surface area contributed by atoms with Crippen LogP contribution in [0.2, 0.25) is 0 Å². The van der Waals surface area contributed by atoms with Crippen molar-refractivity contribution in [1.82, 2.24) is 4.98 Å². The third kappa shape index (κ3) is 2.67. The third-order valence-corrected chi connectivity index (χ3v) is 4.53. The number of amides is 1. The number of rotatable bonds is 3. The van der Waals surface area contributed by atoms with Crippen molar-refractivity contribution in [1.29, 1.82) is 0 Å². The lowest BCUT2D eigenvalue weighted by molar-refractivity contribution is 0.102. The lowest BCUT2D eigenvalue weighted by atomic mass is 10.1. The first-order chi connectivity index (χ1) is 10.6. The standard InChI is InChI=1S/C17H16N2O2S/c1-10-5-4-6-12(9-10)16(20)19-17-18-14-13(21-3)8-7-11(2)15(14)22-17/h4-9H,1-3H3,(H,18,19,20). The molecule has 0 atom stereocenters. The van der Waals surface area contributed by atoms with Gasteiger partial charge >= 0.3 is 0 Å². The monoisotopic (exact) mass is 312 g/mol. The Kier molecular flexibility index (Phi) is 3.81. The van der Waals surface area contributed by atoms with Gasteiger partial charge < -0.3 is 4.74 Å². The van der Waals surface area contributed by atoms with E-state index in [2.05, 4.69) is 10.3 Å². The molecule has 3 rings (SSSR count).